The lowest BCUT2D eigenvalue weighted by molar-refractivity contribution is 1.47. The SMILES string of the molecule is Cc1cc2sc(-c3sc4c(ccc5c4ccc4c(C)c(C)sc45)c3C)cc2s1. The fourth-order valence-electron chi connectivity index (χ4n) is 4.18. The van der Waals surface area contributed by atoms with Crippen molar-refractivity contribution in [2.45, 2.75) is 27.7 Å². The lowest BCUT2D eigenvalue weighted by Gasteiger charge is -2.02. The van der Waals surface area contributed by atoms with Crippen LogP contribution in [0.4, 0.5) is 0 Å². The molecule has 0 amide bonds. The summed E-state index contributed by atoms with van der Waals surface area (Å²) in [4.78, 5) is 5.68. The molecule has 0 spiro atoms. The highest BCUT2D eigenvalue weighted by Crippen LogP contribution is 2.47. The van der Waals surface area contributed by atoms with Crippen LogP contribution in [0.25, 0.3) is 50.1 Å². The lowest BCUT2D eigenvalue weighted by atomic mass is 10.0. The maximum atomic E-state index is 2.39. The molecule has 0 radical (unpaired) electrons. The Morgan fingerprint density at radius 1 is 0.571 bits per heavy atom. The summed E-state index contributed by atoms with van der Waals surface area (Å²) in [7, 11) is 0. The summed E-state index contributed by atoms with van der Waals surface area (Å²) in [6.07, 6.45) is 0. The van der Waals surface area contributed by atoms with Crippen LogP contribution in [0.15, 0.2) is 36.4 Å². The van der Waals surface area contributed by atoms with E-state index in [4.69, 9.17) is 0 Å². The number of thiophene rings is 4. The molecule has 0 nitrogen and oxygen atoms in total. The zero-order valence-corrected chi connectivity index (χ0v) is 19.4. The highest BCUT2D eigenvalue weighted by Gasteiger charge is 2.17. The normalized spacial score (nSPS) is 12.3. The van der Waals surface area contributed by atoms with Gasteiger partial charge in [0.25, 0.3) is 0 Å². The third kappa shape index (κ3) is 2.26. The van der Waals surface area contributed by atoms with E-state index in [2.05, 4.69) is 64.1 Å². The van der Waals surface area contributed by atoms with Crippen molar-refractivity contribution in [2.75, 3.05) is 0 Å². The monoisotopic (exact) mass is 434 g/mol. The zero-order valence-electron chi connectivity index (χ0n) is 16.1. The Morgan fingerprint density at radius 2 is 1.18 bits per heavy atom. The quantitative estimate of drug-likeness (QED) is 0.242. The number of rotatable bonds is 1. The van der Waals surface area contributed by atoms with E-state index >= 15 is 0 Å². The molecule has 0 saturated carbocycles. The Kier molecular flexibility index (Phi) is 3.61. The van der Waals surface area contributed by atoms with Crippen molar-refractivity contribution in [1.82, 2.24) is 0 Å². The van der Waals surface area contributed by atoms with Gasteiger partial charge in [0, 0.05) is 49.1 Å². The van der Waals surface area contributed by atoms with Gasteiger partial charge >= 0.3 is 0 Å². The van der Waals surface area contributed by atoms with E-state index in [0.29, 0.717) is 0 Å². The fraction of sp³-hybridized carbons (Fsp3) is 0.167. The van der Waals surface area contributed by atoms with Gasteiger partial charge < -0.3 is 0 Å². The smallest absolute Gasteiger partial charge is 0.0485 e. The minimum Gasteiger partial charge on any atom is -0.140 e. The molecule has 4 aromatic heterocycles. The maximum absolute atomic E-state index is 2.39. The fourth-order valence-corrected chi connectivity index (χ4v) is 9.18. The van der Waals surface area contributed by atoms with Crippen molar-refractivity contribution in [3.63, 3.8) is 0 Å². The van der Waals surface area contributed by atoms with E-state index < -0.39 is 0 Å². The van der Waals surface area contributed by atoms with E-state index in [1.54, 1.807) is 0 Å². The Bertz CT molecular complexity index is 1520. The van der Waals surface area contributed by atoms with Crippen molar-refractivity contribution in [2.24, 2.45) is 0 Å². The number of hydrogen-bond acceptors (Lipinski definition) is 4. The van der Waals surface area contributed by atoms with Crippen LogP contribution >= 0.6 is 45.3 Å². The molecule has 0 aliphatic carbocycles. The third-order valence-corrected chi connectivity index (χ3v) is 10.8. The topological polar surface area (TPSA) is 0 Å². The van der Waals surface area contributed by atoms with Crippen LogP contribution in [0.1, 0.15) is 20.9 Å². The summed E-state index contributed by atoms with van der Waals surface area (Å²) in [6, 6.07) is 14.1. The Hall–Kier alpha value is -1.72. The second kappa shape index (κ2) is 5.90. The van der Waals surface area contributed by atoms with Crippen LogP contribution in [-0.2, 0) is 0 Å². The van der Waals surface area contributed by atoms with Crippen LogP contribution in [-0.4, -0.2) is 0 Å². The molecule has 0 bridgehead atoms. The van der Waals surface area contributed by atoms with E-state index in [9.17, 15) is 0 Å². The highest BCUT2D eigenvalue weighted by molar-refractivity contribution is 7.32. The zero-order chi connectivity index (χ0) is 19.2. The van der Waals surface area contributed by atoms with Crippen LogP contribution in [0, 0.1) is 27.7 Å². The minimum atomic E-state index is 1.40. The predicted octanol–water partition coefficient (Wildman–Crippen LogP) is 9.45. The molecule has 4 heterocycles. The van der Waals surface area contributed by atoms with Gasteiger partial charge in [0.1, 0.15) is 0 Å². The van der Waals surface area contributed by atoms with Gasteiger partial charge in [-0.3, -0.25) is 0 Å². The number of benzene rings is 2. The van der Waals surface area contributed by atoms with Crippen molar-refractivity contribution < 1.29 is 0 Å². The first-order valence-electron chi connectivity index (χ1n) is 9.36. The molecule has 0 aliphatic heterocycles. The first-order valence-corrected chi connectivity index (χ1v) is 12.6. The van der Waals surface area contributed by atoms with Crippen molar-refractivity contribution in [3.8, 4) is 9.75 Å². The van der Waals surface area contributed by atoms with E-state index in [1.807, 2.05) is 45.3 Å². The van der Waals surface area contributed by atoms with Gasteiger partial charge in [0.15, 0.2) is 0 Å². The summed E-state index contributed by atoms with van der Waals surface area (Å²) in [5.41, 5.74) is 2.85. The maximum Gasteiger partial charge on any atom is 0.0485 e. The molecule has 0 fully saturated rings. The second-order valence-corrected chi connectivity index (χ2v) is 12.1. The van der Waals surface area contributed by atoms with E-state index in [1.165, 1.54) is 71.0 Å². The Balaban J connectivity index is 1.66. The molecule has 2 aromatic carbocycles. The molecule has 28 heavy (non-hydrogen) atoms. The summed E-state index contributed by atoms with van der Waals surface area (Å²) in [6.45, 7) is 8.97. The molecule has 0 unspecified atom stereocenters. The molecule has 0 N–H and O–H groups in total. The average Bonchev–Trinajstić information content (AvgIpc) is 3.37. The largest absolute Gasteiger partial charge is 0.140 e. The van der Waals surface area contributed by atoms with E-state index in [-0.39, 0.29) is 0 Å². The predicted molar refractivity (Wildman–Crippen MR) is 132 cm³/mol. The van der Waals surface area contributed by atoms with Crippen LogP contribution < -0.4 is 0 Å². The van der Waals surface area contributed by atoms with Gasteiger partial charge in [0.2, 0.25) is 0 Å². The van der Waals surface area contributed by atoms with Crippen molar-refractivity contribution in [1.29, 1.82) is 0 Å². The average molecular weight is 435 g/mol. The Morgan fingerprint density at radius 3 is 1.89 bits per heavy atom. The van der Waals surface area contributed by atoms with Gasteiger partial charge in [-0.2, -0.15) is 0 Å². The van der Waals surface area contributed by atoms with Gasteiger partial charge in [-0.1, -0.05) is 24.3 Å². The van der Waals surface area contributed by atoms with Crippen LogP contribution in [0.5, 0.6) is 0 Å². The van der Waals surface area contributed by atoms with Gasteiger partial charge in [-0.25, -0.2) is 0 Å². The minimum absolute atomic E-state index is 1.40. The number of aryl methyl sites for hydroxylation is 4. The molecule has 0 saturated heterocycles. The first-order chi connectivity index (χ1) is 13.5. The number of fused-ring (bicyclic) bond motifs is 6. The van der Waals surface area contributed by atoms with E-state index in [0.717, 1.165) is 0 Å². The third-order valence-electron chi connectivity index (χ3n) is 5.79. The van der Waals surface area contributed by atoms with Gasteiger partial charge in [-0.15, -0.1) is 45.3 Å². The molecule has 6 aromatic rings. The standard InChI is InChI=1S/C24H18S4/c1-11-9-19-20(25-11)10-21(27-19)22-13(3)16-6-8-17-18(24(16)28-22)7-5-15-12(2)14(4)26-23(15)17/h5-10H,1-4H3. The molecule has 0 aliphatic rings. The molecule has 6 rings (SSSR count). The lowest BCUT2D eigenvalue weighted by Crippen LogP contribution is -1.76. The van der Waals surface area contributed by atoms with Gasteiger partial charge in [-0.05, 0) is 61.7 Å². The summed E-state index contributed by atoms with van der Waals surface area (Å²) in [5.74, 6) is 0. The molecular weight excluding hydrogens is 417 g/mol. The first kappa shape index (κ1) is 17.2. The van der Waals surface area contributed by atoms with Crippen molar-refractivity contribution >= 4 is 85.7 Å². The summed E-state index contributed by atoms with van der Waals surface area (Å²) >= 11 is 7.75. The van der Waals surface area contributed by atoms with Crippen molar-refractivity contribution in [3.05, 3.63) is 57.3 Å². The number of hydrogen-bond donors (Lipinski definition) is 0. The molecule has 4 heteroatoms. The van der Waals surface area contributed by atoms with Gasteiger partial charge in [0.05, 0.1) is 0 Å². The Labute approximate surface area is 179 Å². The highest BCUT2D eigenvalue weighted by atomic mass is 32.1. The molecule has 0 atom stereocenters. The molecular formula is C24H18S4. The van der Waals surface area contributed by atoms with Crippen LogP contribution in [0.3, 0.4) is 0 Å². The van der Waals surface area contributed by atoms with Crippen LogP contribution in [0.2, 0.25) is 0 Å². The summed E-state index contributed by atoms with van der Waals surface area (Å²) in [5, 5.41) is 5.63. The second-order valence-electron chi connectivity index (χ2n) is 7.52. The summed E-state index contributed by atoms with van der Waals surface area (Å²) < 4.78 is 5.72. The molecule has 138 valence electrons.